The van der Waals surface area contributed by atoms with Crippen molar-refractivity contribution in [2.45, 2.75) is 18.7 Å². The smallest absolute Gasteiger partial charge is 0.200 e. The molecule has 0 fully saturated rings. The van der Waals surface area contributed by atoms with Gasteiger partial charge in [-0.15, -0.1) is 0 Å². The van der Waals surface area contributed by atoms with Gasteiger partial charge in [0, 0.05) is 5.56 Å². The Morgan fingerprint density at radius 3 is 2.71 bits per heavy atom. The van der Waals surface area contributed by atoms with E-state index in [0.717, 1.165) is 5.56 Å². The van der Waals surface area contributed by atoms with Crippen LogP contribution in [0.25, 0.3) is 0 Å². The monoisotopic (exact) mass is 210 g/mol. The van der Waals surface area contributed by atoms with E-state index in [4.69, 9.17) is 0 Å². The summed E-state index contributed by atoms with van der Waals surface area (Å²) in [6.45, 7) is 3.70. The predicted octanol–water partition coefficient (Wildman–Crippen LogP) is 1.01. The number of benzene rings is 1. The lowest BCUT2D eigenvalue weighted by Gasteiger charge is -2.15. The molecule has 0 atom stereocenters. The summed E-state index contributed by atoms with van der Waals surface area (Å²) in [6, 6.07) is 5.20. The first-order chi connectivity index (χ1) is 6.50. The van der Waals surface area contributed by atoms with E-state index in [1.165, 1.54) is 0 Å². The predicted molar refractivity (Wildman–Crippen MR) is 53.7 cm³/mol. The van der Waals surface area contributed by atoms with Crippen molar-refractivity contribution in [1.29, 1.82) is 0 Å². The largest absolute Gasteiger partial charge is 0.277 e. The number of hydrogen-bond acceptors (Lipinski definition) is 3. The topological polar surface area (TPSA) is 58.5 Å². The first-order valence-corrected chi connectivity index (χ1v) is 5.66. The molecule has 0 aliphatic carbocycles. The van der Waals surface area contributed by atoms with Crippen molar-refractivity contribution < 1.29 is 8.42 Å². The molecular formula is C9H10N2O2S. The Labute approximate surface area is 82.7 Å². The highest BCUT2D eigenvalue weighted by Gasteiger charge is 2.23. The van der Waals surface area contributed by atoms with Crippen LogP contribution in [0.5, 0.6) is 0 Å². The molecule has 0 amide bonds. The molecule has 1 aromatic carbocycles. The zero-order valence-electron chi connectivity index (χ0n) is 7.90. The summed E-state index contributed by atoms with van der Waals surface area (Å²) in [6.07, 6.45) is 0. The average molecular weight is 210 g/mol. The van der Waals surface area contributed by atoms with Gasteiger partial charge in [-0.1, -0.05) is 11.6 Å². The van der Waals surface area contributed by atoms with Gasteiger partial charge in [-0.25, -0.2) is 0 Å². The molecule has 14 heavy (non-hydrogen) atoms. The van der Waals surface area contributed by atoms with Crippen LogP contribution in [0.2, 0.25) is 0 Å². The standard InChI is InChI=1S/C9H10N2O2S/c1-6-3-4-9-8(5-6)7(2)10-11-14(9,12)13/h3-5,11H,1-2H3. The summed E-state index contributed by atoms with van der Waals surface area (Å²) < 4.78 is 23.0. The number of aryl methyl sites for hydroxylation is 1. The molecule has 1 aliphatic heterocycles. The molecule has 0 aromatic heterocycles. The Morgan fingerprint density at radius 1 is 1.29 bits per heavy atom. The number of sulfonamides is 1. The van der Waals surface area contributed by atoms with Crippen molar-refractivity contribution in [3.8, 4) is 0 Å². The maximum Gasteiger partial charge on any atom is 0.277 e. The number of hydrazone groups is 1. The number of fused-ring (bicyclic) bond motifs is 1. The van der Waals surface area contributed by atoms with Crippen molar-refractivity contribution in [2.75, 3.05) is 0 Å². The SMILES string of the molecule is CC1=NNS(=O)(=O)c2ccc(C)cc21. The zero-order chi connectivity index (χ0) is 10.3. The van der Waals surface area contributed by atoms with Crippen molar-refractivity contribution in [3.05, 3.63) is 29.3 Å². The fraction of sp³-hybridized carbons (Fsp3) is 0.222. The Hall–Kier alpha value is -1.36. The Balaban J connectivity index is 2.78. The molecule has 4 nitrogen and oxygen atoms in total. The lowest BCUT2D eigenvalue weighted by atomic mass is 10.1. The highest BCUT2D eigenvalue weighted by atomic mass is 32.2. The van der Waals surface area contributed by atoms with Gasteiger partial charge in [-0.2, -0.15) is 18.4 Å². The third-order valence-corrected chi connectivity index (χ3v) is 3.41. The maximum absolute atomic E-state index is 11.5. The van der Waals surface area contributed by atoms with Crippen molar-refractivity contribution in [3.63, 3.8) is 0 Å². The van der Waals surface area contributed by atoms with Gasteiger partial charge in [-0.05, 0) is 26.0 Å². The van der Waals surface area contributed by atoms with E-state index in [0.29, 0.717) is 16.2 Å². The molecule has 0 saturated carbocycles. The molecule has 1 N–H and O–H groups in total. The summed E-state index contributed by atoms with van der Waals surface area (Å²) in [5.41, 5.74) is 2.40. The molecule has 0 bridgehead atoms. The van der Waals surface area contributed by atoms with Gasteiger partial charge < -0.3 is 0 Å². The quantitative estimate of drug-likeness (QED) is 0.694. The van der Waals surface area contributed by atoms with E-state index in [9.17, 15) is 8.42 Å². The van der Waals surface area contributed by atoms with Crippen LogP contribution < -0.4 is 4.83 Å². The third-order valence-electron chi connectivity index (χ3n) is 2.15. The highest BCUT2D eigenvalue weighted by Crippen LogP contribution is 2.21. The molecule has 0 radical (unpaired) electrons. The fourth-order valence-electron chi connectivity index (χ4n) is 1.40. The van der Waals surface area contributed by atoms with Gasteiger partial charge in [0.1, 0.15) is 0 Å². The van der Waals surface area contributed by atoms with Crippen LogP contribution in [0.1, 0.15) is 18.1 Å². The van der Waals surface area contributed by atoms with Gasteiger partial charge in [0.2, 0.25) is 0 Å². The van der Waals surface area contributed by atoms with Crippen LogP contribution in [0, 0.1) is 6.92 Å². The lowest BCUT2D eigenvalue weighted by molar-refractivity contribution is 0.582. The Morgan fingerprint density at radius 2 is 2.00 bits per heavy atom. The van der Waals surface area contributed by atoms with Crippen LogP contribution in [-0.4, -0.2) is 14.1 Å². The minimum atomic E-state index is -3.43. The average Bonchev–Trinajstić information content (AvgIpc) is 2.12. The molecule has 0 saturated heterocycles. The van der Waals surface area contributed by atoms with Gasteiger partial charge >= 0.3 is 0 Å². The first kappa shape index (κ1) is 9.21. The van der Waals surface area contributed by atoms with E-state index in [1.807, 2.05) is 13.0 Å². The molecule has 1 aromatic rings. The zero-order valence-corrected chi connectivity index (χ0v) is 8.72. The summed E-state index contributed by atoms with van der Waals surface area (Å²) >= 11 is 0. The summed E-state index contributed by atoms with van der Waals surface area (Å²) in [5, 5.41) is 3.74. The molecule has 5 heteroatoms. The van der Waals surface area contributed by atoms with Crippen LogP contribution in [-0.2, 0) is 10.0 Å². The molecule has 1 aliphatic rings. The second-order valence-electron chi connectivity index (χ2n) is 3.29. The molecule has 2 rings (SSSR count). The second-order valence-corrected chi connectivity index (χ2v) is 4.92. The van der Waals surface area contributed by atoms with Gasteiger partial charge in [0.05, 0.1) is 10.6 Å². The third kappa shape index (κ3) is 1.29. The number of nitrogens with zero attached hydrogens (tertiary/aromatic N) is 1. The van der Waals surface area contributed by atoms with Crippen LogP contribution in [0.4, 0.5) is 0 Å². The van der Waals surface area contributed by atoms with Crippen LogP contribution in [0.3, 0.4) is 0 Å². The van der Waals surface area contributed by atoms with Gasteiger partial charge in [-0.3, -0.25) is 0 Å². The van der Waals surface area contributed by atoms with Crippen LogP contribution >= 0.6 is 0 Å². The second kappa shape index (κ2) is 2.81. The van der Waals surface area contributed by atoms with Gasteiger partial charge in [0.25, 0.3) is 10.0 Å². The van der Waals surface area contributed by atoms with Crippen molar-refractivity contribution >= 4 is 15.7 Å². The van der Waals surface area contributed by atoms with Crippen molar-refractivity contribution in [2.24, 2.45) is 5.10 Å². The van der Waals surface area contributed by atoms with E-state index in [1.54, 1.807) is 19.1 Å². The Kier molecular flexibility index (Phi) is 1.85. The van der Waals surface area contributed by atoms with Gasteiger partial charge in [0.15, 0.2) is 0 Å². The Bertz CT molecular complexity index is 518. The first-order valence-electron chi connectivity index (χ1n) is 4.18. The van der Waals surface area contributed by atoms with E-state index < -0.39 is 10.0 Å². The molecular weight excluding hydrogens is 200 g/mol. The molecule has 0 unspecified atom stereocenters. The van der Waals surface area contributed by atoms with E-state index >= 15 is 0 Å². The van der Waals surface area contributed by atoms with E-state index in [2.05, 4.69) is 9.93 Å². The van der Waals surface area contributed by atoms with Crippen LogP contribution in [0.15, 0.2) is 28.2 Å². The van der Waals surface area contributed by atoms with Crippen molar-refractivity contribution in [1.82, 2.24) is 4.83 Å². The number of rotatable bonds is 0. The number of nitrogens with one attached hydrogen (secondary N) is 1. The maximum atomic E-state index is 11.5. The summed E-state index contributed by atoms with van der Waals surface area (Å²) in [4.78, 5) is 2.45. The minimum Gasteiger partial charge on any atom is -0.200 e. The lowest BCUT2D eigenvalue weighted by Crippen LogP contribution is -2.26. The van der Waals surface area contributed by atoms with E-state index in [-0.39, 0.29) is 0 Å². The number of hydrogen-bond donors (Lipinski definition) is 1. The minimum absolute atomic E-state index is 0.301. The summed E-state index contributed by atoms with van der Waals surface area (Å²) in [5.74, 6) is 0. The normalized spacial score (nSPS) is 18.0. The highest BCUT2D eigenvalue weighted by molar-refractivity contribution is 7.89. The fourth-order valence-corrected chi connectivity index (χ4v) is 2.50. The summed E-state index contributed by atoms with van der Waals surface area (Å²) in [7, 11) is -3.43. The molecule has 0 spiro atoms. The molecule has 1 heterocycles. The molecule has 74 valence electrons.